The molecule has 148 valence electrons. The highest BCUT2D eigenvalue weighted by Crippen LogP contribution is 2.26. The van der Waals surface area contributed by atoms with Gasteiger partial charge in [0.05, 0.1) is 7.11 Å². The second kappa shape index (κ2) is 11.4. The maximum absolute atomic E-state index is 10.5. The van der Waals surface area contributed by atoms with Gasteiger partial charge >= 0.3 is 0 Å². The Hall–Kier alpha value is -1.30. The number of aliphatic hydroxyl groups excluding tert-OH is 1. The van der Waals surface area contributed by atoms with Gasteiger partial charge in [0, 0.05) is 24.7 Å². The van der Waals surface area contributed by atoms with Crippen molar-refractivity contribution >= 4 is 0 Å². The van der Waals surface area contributed by atoms with Crippen molar-refractivity contribution in [2.75, 3.05) is 46.9 Å². The number of nitrogens with zero attached hydrogens (tertiary/aromatic N) is 2. The summed E-state index contributed by atoms with van der Waals surface area (Å²) in [7, 11) is 3.75. The van der Waals surface area contributed by atoms with Gasteiger partial charge in [0.15, 0.2) is 0 Å². The third kappa shape index (κ3) is 7.14. The number of aliphatic hydroxyl groups is 1. The first-order valence-electron chi connectivity index (χ1n) is 10.0. The molecule has 1 saturated heterocycles. The molecule has 1 N–H and O–H groups in total. The van der Waals surface area contributed by atoms with Gasteiger partial charge in [0.25, 0.3) is 0 Å². The Balaban J connectivity index is 1.91. The van der Waals surface area contributed by atoms with Crippen LogP contribution >= 0.6 is 0 Å². The van der Waals surface area contributed by atoms with E-state index in [9.17, 15) is 5.11 Å². The maximum atomic E-state index is 10.5. The molecule has 0 saturated carbocycles. The fourth-order valence-corrected chi connectivity index (χ4v) is 3.36. The number of ether oxygens (including phenoxy) is 2. The van der Waals surface area contributed by atoms with Gasteiger partial charge in [-0.2, -0.15) is 0 Å². The van der Waals surface area contributed by atoms with E-state index in [1.54, 1.807) is 7.11 Å². The average molecular weight is 365 g/mol. The number of benzene rings is 1. The molecular formula is C21H36N2O3. The zero-order valence-corrected chi connectivity index (χ0v) is 16.7. The van der Waals surface area contributed by atoms with Crippen molar-refractivity contribution in [3.8, 4) is 11.5 Å². The molecule has 0 aromatic heterocycles. The van der Waals surface area contributed by atoms with Crippen LogP contribution in [0.3, 0.4) is 0 Å². The number of likely N-dealkylation sites (tertiary alicyclic amines) is 1. The third-order valence-corrected chi connectivity index (χ3v) is 5.10. The monoisotopic (exact) mass is 364 g/mol. The van der Waals surface area contributed by atoms with Gasteiger partial charge in [-0.1, -0.05) is 32.3 Å². The van der Waals surface area contributed by atoms with Crippen molar-refractivity contribution in [3.05, 3.63) is 23.8 Å². The summed E-state index contributed by atoms with van der Waals surface area (Å²) >= 11 is 0. The number of β-amino-alcohol motifs (C(OH)–C–C–N with tert-alkyl or cyclic N) is 1. The number of hydrogen-bond acceptors (Lipinski definition) is 5. The molecule has 2 rings (SSSR count). The zero-order valence-electron chi connectivity index (χ0n) is 16.7. The Morgan fingerprint density at radius 2 is 1.85 bits per heavy atom. The third-order valence-electron chi connectivity index (χ3n) is 5.10. The topological polar surface area (TPSA) is 45.2 Å². The van der Waals surface area contributed by atoms with E-state index in [2.05, 4.69) is 23.8 Å². The lowest BCUT2D eigenvalue weighted by Crippen LogP contribution is -2.37. The van der Waals surface area contributed by atoms with E-state index >= 15 is 0 Å². The van der Waals surface area contributed by atoms with Crippen LogP contribution in [0.1, 0.15) is 44.6 Å². The minimum absolute atomic E-state index is 0.312. The van der Waals surface area contributed by atoms with E-state index in [1.807, 2.05) is 18.2 Å². The van der Waals surface area contributed by atoms with Gasteiger partial charge in [0.1, 0.15) is 24.2 Å². The summed E-state index contributed by atoms with van der Waals surface area (Å²) in [5.74, 6) is 1.58. The summed E-state index contributed by atoms with van der Waals surface area (Å²) in [6, 6.07) is 5.93. The Kier molecular flexibility index (Phi) is 9.23. The summed E-state index contributed by atoms with van der Waals surface area (Å²) in [5.41, 5.74) is 1.12. The van der Waals surface area contributed by atoms with Crippen LogP contribution in [-0.2, 0) is 6.54 Å². The summed E-state index contributed by atoms with van der Waals surface area (Å²) in [4.78, 5) is 4.61. The van der Waals surface area contributed by atoms with Crippen LogP contribution in [0.25, 0.3) is 0 Å². The van der Waals surface area contributed by atoms with E-state index < -0.39 is 6.10 Å². The molecule has 0 spiro atoms. The lowest BCUT2D eigenvalue weighted by molar-refractivity contribution is 0.0648. The SMILES string of the molecule is CCN(C)Cc1ccc(OC)cc1OCC(O)CN1CCCCCCC1. The molecule has 5 nitrogen and oxygen atoms in total. The van der Waals surface area contributed by atoms with Crippen LogP contribution in [0.4, 0.5) is 0 Å². The number of hydrogen-bond donors (Lipinski definition) is 1. The molecule has 1 aliphatic heterocycles. The minimum Gasteiger partial charge on any atom is -0.497 e. The van der Waals surface area contributed by atoms with Crippen molar-refractivity contribution in [1.82, 2.24) is 9.80 Å². The molecule has 0 bridgehead atoms. The van der Waals surface area contributed by atoms with Crippen molar-refractivity contribution in [2.24, 2.45) is 0 Å². The van der Waals surface area contributed by atoms with Crippen molar-refractivity contribution in [1.29, 1.82) is 0 Å². The molecule has 1 atom stereocenters. The van der Waals surface area contributed by atoms with E-state index in [0.29, 0.717) is 13.2 Å². The fraction of sp³-hybridized carbons (Fsp3) is 0.714. The molecule has 1 aliphatic rings. The first-order chi connectivity index (χ1) is 12.6. The molecular weight excluding hydrogens is 328 g/mol. The van der Waals surface area contributed by atoms with Gasteiger partial charge in [-0.05, 0) is 45.6 Å². The summed E-state index contributed by atoms with van der Waals surface area (Å²) in [6.45, 7) is 7.10. The largest absolute Gasteiger partial charge is 0.497 e. The maximum Gasteiger partial charge on any atom is 0.127 e. The van der Waals surface area contributed by atoms with Crippen LogP contribution in [0, 0.1) is 0 Å². The summed E-state index contributed by atoms with van der Waals surface area (Å²) < 4.78 is 11.3. The molecule has 26 heavy (non-hydrogen) atoms. The van der Waals surface area contributed by atoms with Crippen LogP contribution < -0.4 is 9.47 Å². The van der Waals surface area contributed by atoms with E-state index in [4.69, 9.17) is 9.47 Å². The van der Waals surface area contributed by atoms with E-state index in [1.165, 1.54) is 32.1 Å². The van der Waals surface area contributed by atoms with Gasteiger partial charge in [-0.25, -0.2) is 0 Å². The van der Waals surface area contributed by atoms with Gasteiger partial charge in [0.2, 0.25) is 0 Å². The van der Waals surface area contributed by atoms with Crippen LogP contribution in [-0.4, -0.2) is 68.0 Å². The molecule has 1 aromatic carbocycles. The van der Waals surface area contributed by atoms with E-state index in [0.717, 1.165) is 43.2 Å². The molecule has 0 aliphatic carbocycles. The predicted octanol–water partition coefficient (Wildman–Crippen LogP) is 3.15. The molecule has 5 heteroatoms. The Morgan fingerprint density at radius 3 is 2.50 bits per heavy atom. The first-order valence-corrected chi connectivity index (χ1v) is 10.0. The van der Waals surface area contributed by atoms with E-state index in [-0.39, 0.29) is 0 Å². The lowest BCUT2D eigenvalue weighted by atomic mass is 10.1. The number of rotatable bonds is 9. The Bertz CT molecular complexity index is 516. The van der Waals surface area contributed by atoms with Crippen molar-refractivity contribution in [2.45, 2.75) is 51.7 Å². The standard InChI is InChI=1S/C21H36N2O3/c1-4-22(2)15-18-10-11-20(25-3)14-21(18)26-17-19(24)16-23-12-8-6-5-7-9-13-23/h10-11,14,19,24H,4-9,12-13,15-17H2,1-3H3. The Labute approximate surface area is 158 Å². The van der Waals surface area contributed by atoms with Gasteiger partial charge in [-0.15, -0.1) is 0 Å². The summed E-state index contributed by atoms with van der Waals surface area (Å²) in [5, 5.41) is 10.5. The molecule has 1 unspecified atom stereocenters. The summed E-state index contributed by atoms with van der Waals surface area (Å²) in [6.07, 6.45) is 5.96. The normalized spacial score (nSPS) is 17.6. The van der Waals surface area contributed by atoms with Crippen molar-refractivity contribution < 1.29 is 14.6 Å². The lowest BCUT2D eigenvalue weighted by Gasteiger charge is -2.27. The second-order valence-electron chi connectivity index (χ2n) is 7.34. The van der Waals surface area contributed by atoms with Crippen LogP contribution in [0.15, 0.2) is 18.2 Å². The highest BCUT2D eigenvalue weighted by molar-refractivity contribution is 5.40. The van der Waals surface area contributed by atoms with Crippen molar-refractivity contribution in [3.63, 3.8) is 0 Å². The van der Waals surface area contributed by atoms with Gasteiger partial charge < -0.3 is 24.4 Å². The number of methoxy groups -OCH3 is 1. The molecule has 0 radical (unpaired) electrons. The van der Waals surface area contributed by atoms with Gasteiger partial charge in [-0.3, -0.25) is 0 Å². The molecule has 0 amide bonds. The second-order valence-corrected chi connectivity index (χ2v) is 7.34. The molecule has 1 fully saturated rings. The highest BCUT2D eigenvalue weighted by atomic mass is 16.5. The smallest absolute Gasteiger partial charge is 0.127 e. The average Bonchev–Trinajstić information content (AvgIpc) is 2.62. The van der Waals surface area contributed by atoms with Crippen LogP contribution in [0.5, 0.6) is 11.5 Å². The molecule has 1 aromatic rings. The fourth-order valence-electron chi connectivity index (χ4n) is 3.36. The highest BCUT2D eigenvalue weighted by Gasteiger charge is 2.15. The minimum atomic E-state index is -0.475. The Morgan fingerprint density at radius 1 is 1.15 bits per heavy atom. The van der Waals surface area contributed by atoms with Crippen LogP contribution in [0.2, 0.25) is 0 Å². The predicted molar refractivity (Wildman–Crippen MR) is 106 cm³/mol. The first kappa shape index (κ1) is 21.0. The quantitative estimate of drug-likeness (QED) is 0.729. The molecule has 1 heterocycles. The zero-order chi connectivity index (χ0) is 18.8.